The molecule has 0 aliphatic carbocycles. The molecule has 0 saturated heterocycles. The summed E-state index contributed by atoms with van der Waals surface area (Å²) in [7, 11) is 4.64. The second-order valence-corrected chi connectivity index (χ2v) is 9.38. The third-order valence-corrected chi connectivity index (χ3v) is 8.44. The van der Waals surface area contributed by atoms with Gasteiger partial charge in [0.05, 0.1) is 0 Å². The van der Waals surface area contributed by atoms with Crippen LogP contribution in [0.2, 0.25) is 0 Å². The minimum atomic E-state index is 1.47. The number of halogens is 1. The fourth-order valence-electron chi connectivity index (χ4n) is 4.22. The van der Waals surface area contributed by atoms with E-state index in [1.807, 2.05) is 0 Å². The van der Waals surface area contributed by atoms with Crippen molar-refractivity contribution in [3.05, 3.63) is 83.5 Å². The van der Waals surface area contributed by atoms with Crippen LogP contribution in [0.1, 0.15) is 83.5 Å². The molecule has 0 radical (unpaired) electrons. The van der Waals surface area contributed by atoms with Crippen LogP contribution in [0.5, 0.6) is 0 Å². The molecule has 0 amide bonds. The number of hydrogen-bond donors (Lipinski definition) is 0. The summed E-state index contributed by atoms with van der Waals surface area (Å²) in [6, 6.07) is 0. The summed E-state index contributed by atoms with van der Waals surface area (Å²) in [5.74, 6) is 0. The summed E-state index contributed by atoms with van der Waals surface area (Å²) < 4.78 is 0. The molecule has 0 aliphatic rings. The topological polar surface area (TPSA) is 0 Å². The first kappa shape index (κ1) is 31.1. The molecule has 0 saturated carbocycles. The first-order valence-electron chi connectivity index (χ1n) is 11.4. The molecule has 0 nitrogen and oxygen atoms in total. The van der Waals surface area contributed by atoms with Gasteiger partial charge in [0, 0.05) is 0 Å². The van der Waals surface area contributed by atoms with E-state index >= 15 is 0 Å². The van der Waals surface area contributed by atoms with Gasteiger partial charge in [-0.1, -0.05) is 104 Å². The summed E-state index contributed by atoms with van der Waals surface area (Å²) in [6.07, 6.45) is 0. The first-order chi connectivity index (χ1) is 14.7. The van der Waals surface area contributed by atoms with Crippen LogP contribution >= 0.6 is 9.30 Å². The van der Waals surface area contributed by atoms with Crippen LogP contribution < -0.4 is 0 Å². The van der Waals surface area contributed by atoms with E-state index in [9.17, 15) is 0 Å². The molecular formula is C30H45ClTi. The molecule has 0 N–H and O–H groups in total. The molecule has 0 atom stereocenters. The summed E-state index contributed by atoms with van der Waals surface area (Å²) in [4.78, 5) is 0. The van der Waals surface area contributed by atoms with Gasteiger partial charge >= 0.3 is 28.7 Å². The molecule has 0 aromatic heterocycles. The Balaban J connectivity index is 0.000000433. The van der Waals surface area contributed by atoms with Crippen LogP contribution in [-0.2, 0) is 19.4 Å². The molecule has 0 spiro atoms. The molecule has 32 heavy (non-hydrogen) atoms. The zero-order valence-electron chi connectivity index (χ0n) is 23.4. The standard InChI is InChI=1S/3C10H15.ClH.Ti/c3*1-6-7(2)9(4)10(5)8(6)3;;/h3*1-5H3;1H;/q3*-1;;+4/p-1. The summed E-state index contributed by atoms with van der Waals surface area (Å²) in [5.41, 5.74) is 22.0. The zero-order valence-corrected chi connectivity index (χ0v) is 25.7. The Morgan fingerprint density at radius 3 is 0.469 bits per heavy atom. The SMILES string of the molecule is Cc1c(C)c(C)[c-](C)c1C.Cc1c(C)c(C)[c-](C)c1C.Cc1c(C)c(C)[c-](C)c1C.[Cl][Ti+3]. The van der Waals surface area contributed by atoms with E-state index in [2.05, 4.69) is 113 Å². The van der Waals surface area contributed by atoms with Gasteiger partial charge in [-0.25, -0.2) is 0 Å². The van der Waals surface area contributed by atoms with Gasteiger partial charge in [0.15, 0.2) is 0 Å². The second-order valence-electron chi connectivity index (χ2n) is 9.38. The van der Waals surface area contributed by atoms with Crippen molar-refractivity contribution in [2.75, 3.05) is 0 Å². The van der Waals surface area contributed by atoms with Crippen molar-refractivity contribution in [2.24, 2.45) is 0 Å². The third-order valence-electron chi connectivity index (χ3n) is 8.44. The average Bonchev–Trinajstić information content (AvgIpc) is 3.16. The molecular weight excluding hydrogens is 444 g/mol. The van der Waals surface area contributed by atoms with Gasteiger partial charge in [-0.2, -0.15) is 83.5 Å². The Hall–Kier alpha value is -0.946. The van der Waals surface area contributed by atoms with E-state index in [1.165, 1.54) is 103 Å². The Kier molecular flexibility index (Phi) is 12.7. The normalized spacial score (nSPS) is 10.1. The molecule has 0 aliphatic heterocycles. The van der Waals surface area contributed by atoms with Crippen molar-refractivity contribution in [3.63, 3.8) is 0 Å². The molecule has 3 aromatic carbocycles. The summed E-state index contributed by atoms with van der Waals surface area (Å²) in [5, 5.41) is 0. The molecule has 3 aromatic rings. The average molecular weight is 489 g/mol. The van der Waals surface area contributed by atoms with Crippen molar-refractivity contribution in [1.82, 2.24) is 0 Å². The van der Waals surface area contributed by atoms with Crippen molar-refractivity contribution in [2.45, 2.75) is 104 Å². The first-order valence-corrected chi connectivity index (χ1v) is 13.6. The van der Waals surface area contributed by atoms with Crippen LogP contribution in [0.3, 0.4) is 0 Å². The summed E-state index contributed by atoms with van der Waals surface area (Å²) in [6.45, 7) is 33.0. The van der Waals surface area contributed by atoms with E-state index in [-0.39, 0.29) is 0 Å². The van der Waals surface area contributed by atoms with Gasteiger partial charge in [0.25, 0.3) is 0 Å². The molecule has 0 unspecified atom stereocenters. The van der Waals surface area contributed by atoms with E-state index in [4.69, 9.17) is 0 Å². The maximum atomic E-state index is 4.64. The van der Waals surface area contributed by atoms with E-state index in [1.54, 1.807) is 0 Å². The van der Waals surface area contributed by atoms with Crippen LogP contribution in [0.15, 0.2) is 0 Å². The Bertz CT molecular complexity index is 660. The van der Waals surface area contributed by atoms with Gasteiger partial charge in [-0.05, 0) is 0 Å². The fraction of sp³-hybridized carbons (Fsp3) is 0.500. The van der Waals surface area contributed by atoms with Gasteiger partial charge in [-0.15, -0.1) is 0 Å². The van der Waals surface area contributed by atoms with Crippen molar-refractivity contribution in [1.29, 1.82) is 0 Å². The maximum absolute atomic E-state index is 4.64. The number of rotatable bonds is 0. The zero-order chi connectivity index (χ0) is 25.7. The third kappa shape index (κ3) is 6.56. The van der Waals surface area contributed by atoms with Crippen molar-refractivity contribution >= 4 is 9.30 Å². The molecule has 176 valence electrons. The van der Waals surface area contributed by atoms with E-state index < -0.39 is 0 Å². The van der Waals surface area contributed by atoms with Crippen LogP contribution in [0.4, 0.5) is 0 Å². The van der Waals surface area contributed by atoms with Crippen LogP contribution in [0, 0.1) is 104 Å². The van der Waals surface area contributed by atoms with Crippen molar-refractivity contribution in [3.8, 4) is 0 Å². The van der Waals surface area contributed by atoms with Crippen LogP contribution in [-0.4, -0.2) is 0 Å². The Labute approximate surface area is 215 Å². The van der Waals surface area contributed by atoms with E-state index in [0.29, 0.717) is 0 Å². The fourth-order valence-corrected chi connectivity index (χ4v) is 4.22. The Morgan fingerprint density at radius 1 is 0.344 bits per heavy atom. The predicted octanol–water partition coefficient (Wildman–Crippen LogP) is 9.53. The second kappa shape index (κ2) is 13.1. The van der Waals surface area contributed by atoms with Crippen LogP contribution in [0.25, 0.3) is 0 Å². The molecule has 3 rings (SSSR count). The number of hydrogen-bond acceptors (Lipinski definition) is 0. The Morgan fingerprint density at radius 2 is 0.438 bits per heavy atom. The van der Waals surface area contributed by atoms with Gasteiger partial charge in [0.2, 0.25) is 0 Å². The molecule has 0 bridgehead atoms. The minimum absolute atomic E-state index is 1.47. The molecule has 0 fully saturated rings. The van der Waals surface area contributed by atoms with E-state index in [0.717, 1.165) is 0 Å². The molecule has 0 heterocycles. The van der Waals surface area contributed by atoms with Gasteiger partial charge in [-0.3, -0.25) is 0 Å². The summed E-state index contributed by atoms with van der Waals surface area (Å²) >= 11 is 1.47. The molecule has 2 heteroatoms. The predicted molar refractivity (Wildman–Crippen MR) is 143 cm³/mol. The monoisotopic (exact) mass is 488 g/mol. The quantitative estimate of drug-likeness (QED) is 0.218. The van der Waals surface area contributed by atoms with Gasteiger partial charge in [0.1, 0.15) is 0 Å². The van der Waals surface area contributed by atoms with Crippen molar-refractivity contribution < 1.29 is 19.4 Å². The van der Waals surface area contributed by atoms with Gasteiger partial charge < -0.3 is 0 Å².